The molecule has 35 heavy (non-hydrogen) atoms. The molecule has 184 valence electrons. The first-order valence-corrected chi connectivity index (χ1v) is 11.5. The average Bonchev–Trinajstić information content (AvgIpc) is 3.38. The molecule has 3 heterocycles. The molecule has 0 spiro atoms. The van der Waals surface area contributed by atoms with E-state index in [1.54, 1.807) is 24.4 Å². The van der Waals surface area contributed by atoms with Gasteiger partial charge >= 0.3 is 6.18 Å². The highest BCUT2D eigenvalue weighted by atomic mass is 35.5. The molecule has 3 fully saturated rings. The third-order valence-corrected chi connectivity index (χ3v) is 7.33. The molecule has 3 aliphatic carbocycles. The Labute approximate surface area is 202 Å². The zero-order valence-electron chi connectivity index (χ0n) is 18.3. The summed E-state index contributed by atoms with van der Waals surface area (Å²) in [5, 5.41) is 22.2. The average molecular weight is 508 g/mol. The number of carbonyl (C=O) groups excluding carboxylic acids is 1. The van der Waals surface area contributed by atoms with Crippen LogP contribution in [0, 0.1) is 0 Å². The lowest BCUT2D eigenvalue weighted by Crippen LogP contribution is -2.79. The van der Waals surface area contributed by atoms with E-state index in [4.69, 9.17) is 16.3 Å². The standard InChI is InChI=1S/C23H21ClF3N5O3/c24-15-1-2-18-16(3-15)17(33)4-19(35-18)20(34)30-21-9-22(10-21,11-21)32-8-14(6-29-32)13-5-28-31(7-13)12-23(25,26)27/h1-3,5-8,17,19,33H,4,9-12H2,(H,30,34)/t17-,19-,21?,22?/m1/s1. The Bertz CT molecular complexity index is 1300. The van der Waals surface area contributed by atoms with Gasteiger partial charge in [0.05, 0.1) is 24.0 Å². The van der Waals surface area contributed by atoms with Crippen LogP contribution in [0.5, 0.6) is 5.75 Å². The van der Waals surface area contributed by atoms with E-state index in [2.05, 4.69) is 15.5 Å². The number of nitrogens with zero attached hydrogens (tertiary/aromatic N) is 4. The maximum atomic E-state index is 12.9. The predicted molar refractivity (Wildman–Crippen MR) is 118 cm³/mol. The largest absolute Gasteiger partial charge is 0.480 e. The summed E-state index contributed by atoms with van der Waals surface area (Å²) in [7, 11) is 0. The van der Waals surface area contributed by atoms with Crippen molar-refractivity contribution in [2.24, 2.45) is 0 Å². The first-order valence-electron chi connectivity index (χ1n) is 11.1. The quantitative estimate of drug-likeness (QED) is 0.550. The molecule has 2 aromatic heterocycles. The highest BCUT2D eigenvalue weighted by Gasteiger charge is 2.70. The summed E-state index contributed by atoms with van der Waals surface area (Å²) in [4.78, 5) is 12.9. The highest BCUT2D eigenvalue weighted by Crippen LogP contribution is 2.65. The summed E-state index contributed by atoms with van der Waals surface area (Å²) in [5.74, 6) is 0.182. The fourth-order valence-corrected chi connectivity index (χ4v) is 5.73. The molecule has 1 aliphatic heterocycles. The van der Waals surface area contributed by atoms with Crippen molar-refractivity contribution in [3.63, 3.8) is 0 Å². The van der Waals surface area contributed by atoms with E-state index < -0.39 is 24.9 Å². The van der Waals surface area contributed by atoms with Gasteiger partial charge in [-0.2, -0.15) is 23.4 Å². The van der Waals surface area contributed by atoms with E-state index in [1.807, 2.05) is 10.9 Å². The lowest BCUT2D eigenvalue weighted by molar-refractivity contribution is -0.165. The van der Waals surface area contributed by atoms with E-state index in [9.17, 15) is 23.1 Å². The van der Waals surface area contributed by atoms with Crippen molar-refractivity contribution >= 4 is 17.5 Å². The molecule has 12 heteroatoms. The molecule has 8 nitrogen and oxygen atoms in total. The van der Waals surface area contributed by atoms with E-state index in [0.29, 0.717) is 46.7 Å². The Morgan fingerprint density at radius 2 is 1.91 bits per heavy atom. The van der Waals surface area contributed by atoms with Gasteiger partial charge in [0.15, 0.2) is 6.10 Å². The minimum atomic E-state index is -4.34. The summed E-state index contributed by atoms with van der Waals surface area (Å²) in [6, 6.07) is 4.94. The molecule has 0 saturated heterocycles. The van der Waals surface area contributed by atoms with Crippen LogP contribution < -0.4 is 10.1 Å². The molecule has 7 rings (SSSR count). The van der Waals surface area contributed by atoms with E-state index >= 15 is 0 Å². The van der Waals surface area contributed by atoms with Gasteiger partial charge in [0.2, 0.25) is 0 Å². The Morgan fingerprint density at radius 3 is 2.66 bits per heavy atom. The van der Waals surface area contributed by atoms with Gasteiger partial charge in [0, 0.05) is 46.1 Å². The second-order valence-electron chi connectivity index (χ2n) is 9.78. The number of halogens is 4. The Hall–Kier alpha value is -3.05. The molecular weight excluding hydrogens is 487 g/mol. The number of aliphatic hydroxyl groups excluding tert-OH is 1. The number of amides is 1. The number of fused-ring (bicyclic) bond motifs is 1. The number of rotatable bonds is 5. The Balaban J connectivity index is 1.08. The second kappa shape index (κ2) is 7.47. The lowest BCUT2D eigenvalue weighted by Gasteiger charge is -2.70. The third kappa shape index (κ3) is 3.86. The Morgan fingerprint density at radius 1 is 1.20 bits per heavy atom. The fourth-order valence-electron chi connectivity index (χ4n) is 5.54. The highest BCUT2D eigenvalue weighted by molar-refractivity contribution is 6.30. The van der Waals surface area contributed by atoms with Gasteiger partial charge in [-0.3, -0.25) is 14.2 Å². The summed E-state index contributed by atoms with van der Waals surface area (Å²) < 4.78 is 46.3. The number of alkyl halides is 3. The van der Waals surface area contributed by atoms with E-state index in [1.165, 1.54) is 12.4 Å². The molecule has 0 radical (unpaired) electrons. The first kappa shape index (κ1) is 22.4. The maximum absolute atomic E-state index is 12.9. The molecule has 2 N–H and O–H groups in total. The van der Waals surface area contributed by atoms with E-state index in [0.717, 1.165) is 4.68 Å². The SMILES string of the molecule is O=C(NC12CC(n3cc(-c4cnn(CC(F)(F)F)c4)cn3)(C1)C2)[C@H]1C[C@@H](O)c2cc(Cl)ccc2O1. The molecule has 1 amide bonds. The number of aromatic nitrogens is 4. The van der Waals surface area contributed by atoms with Crippen molar-refractivity contribution < 1.29 is 27.8 Å². The van der Waals surface area contributed by atoms with Crippen LogP contribution in [-0.4, -0.2) is 48.4 Å². The van der Waals surface area contributed by atoms with Crippen molar-refractivity contribution in [2.45, 2.75) is 61.7 Å². The van der Waals surface area contributed by atoms with Crippen molar-refractivity contribution in [1.82, 2.24) is 24.9 Å². The monoisotopic (exact) mass is 507 g/mol. The number of nitrogens with one attached hydrogen (secondary N) is 1. The van der Waals surface area contributed by atoms with Gasteiger partial charge in [-0.25, -0.2) is 0 Å². The molecule has 2 atom stereocenters. The number of benzene rings is 1. The van der Waals surface area contributed by atoms with Gasteiger partial charge in [0.1, 0.15) is 12.3 Å². The normalized spacial score (nSPS) is 28.9. The van der Waals surface area contributed by atoms with Crippen molar-refractivity contribution in [2.75, 3.05) is 0 Å². The number of hydrogen-bond donors (Lipinski definition) is 2. The zero-order chi connectivity index (χ0) is 24.6. The number of ether oxygens (including phenoxy) is 1. The van der Waals surface area contributed by atoms with Crippen LogP contribution in [0.25, 0.3) is 11.1 Å². The number of carbonyl (C=O) groups is 1. The molecule has 3 aromatic rings. The van der Waals surface area contributed by atoms with Crippen molar-refractivity contribution in [3.05, 3.63) is 53.6 Å². The number of aliphatic hydroxyl groups is 1. The smallest absolute Gasteiger partial charge is 0.408 e. The summed E-state index contributed by atoms with van der Waals surface area (Å²) in [5.41, 5.74) is 1.26. The van der Waals surface area contributed by atoms with Gasteiger partial charge in [-0.15, -0.1) is 0 Å². The van der Waals surface area contributed by atoms with E-state index in [-0.39, 0.29) is 23.4 Å². The van der Waals surface area contributed by atoms with Crippen LogP contribution >= 0.6 is 11.6 Å². The topological polar surface area (TPSA) is 94.2 Å². The minimum absolute atomic E-state index is 0.144. The van der Waals surface area contributed by atoms with Gasteiger partial charge in [0.25, 0.3) is 5.91 Å². The van der Waals surface area contributed by atoms with Crippen LogP contribution in [0.4, 0.5) is 13.2 Å². The van der Waals surface area contributed by atoms with Gasteiger partial charge in [-0.05, 0) is 37.5 Å². The summed E-state index contributed by atoms with van der Waals surface area (Å²) in [6.45, 7) is -1.14. The summed E-state index contributed by atoms with van der Waals surface area (Å²) in [6.07, 6.45) is 2.42. The van der Waals surface area contributed by atoms with Crippen molar-refractivity contribution in [3.8, 4) is 16.9 Å². The maximum Gasteiger partial charge on any atom is 0.408 e. The van der Waals surface area contributed by atoms with Crippen LogP contribution in [0.2, 0.25) is 5.02 Å². The molecule has 4 aliphatic rings. The Kier molecular flexibility index (Phi) is 4.79. The minimum Gasteiger partial charge on any atom is -0.480 e. The van der Waals surface area contributed by atoms with Gasteiger partial charge in [-0.1, -0.05) is 11.6 Å². The van der Waals surface area contributed by atoms with Crippen LogP contribution in [0.15, 0.2) is 43.0 Å². The fraction of sp³-hybridized carbons (Fsp3) is 0.435. The third-order valence-electron chi connectivity index (χ3n) is 7.10. The van der Waals surface area contributed by atoms with Crippen LogP contribution in [0.1, 0.15) is 37.4 Å². The molecular formula is C23H21ClF3N5O3. The predicted octanol–water partition coefficient (Wildman–Crippen LogP) is 3.59. The molecule has 2 bridgehead atoms. The zero-order valence-corrected chi connectivity index (χ0v) is 19.1. The van der Waals surface area contributed by atoms with Crippen LogP contribution in [0.3, 0.4) is 0 Å². The van der Waals surface area contributed by atoms with Crippen molar-refractivity contribution in [1.29, 1.82) is 0 Å². The molecule has 0 unspecified atom stereocenters. The first-order chi connectivity index (χ1) is 16.5. The molecule has 1 aromatic carbocycles. The second-order valence-corrected chi connectivity index (χ2v) is 10.2. The lowest BCUT2D eigenvalue weighted by atomic mass is 9.44. The number of hydrogen-bond acceptors (Lipinski definition) is 5. The van der Waals surface area contributed by atoms with Gasteiger partial charge < -0.3 is 15.2 Å². The molecule has 3 saturated carbocycles. The van der Waals surface area contributed by atoms with Crippen LogP contribution in [-0.2, 0) is 16.9 Å². The summed E-state index contributed by atoms with van der Waals surface area (Å²) >= 11 is 5.99.